The number of nitrogens with zero attached hydrogens (tertiary/aromatic N) is 6. The predicted octanol–water partition coefficient (Wildman–Crippen LogP) is 24.7. The number of rotatable bonds is 17. The van der Waals surface area contributed by atoms with Crippen molar-refractivity contribution in [1.82, 2.24) is 14.5 Å². The first kappa shape index (κ1) is 88.8. The van der Waals surface area contributed by atoms with Crippen LogP contribution in [0.25, 0.3) is 61.5 Å². The molecule has 0 saturated carbocycles. The smallest absolute Gasteiger partial charge is 0.336 e. The van der Waals surface area contributed by atoms with Gasteiger partial charge in [-0.2, -0.15) is 5.26 Å². The highest BCUT2D eigenvalue weighted by molar-refractivity contribution is 6.12. The Morgan fingerprint density at radius 3 is 1.12 bits per heavy atom. The third kappa shape index (κ3) is 17.0. The molecule has 0 aliphatic carbocycles. The lowest BCUT2D eigenvalue weighted by Crippen LogP contribution is -2.16. The number of benzene rings is 13. The number of hydrogen-bond donors (Lipinski definition) is 4. The summed E-state index contributed by atoms with van der Waals surface area (Å²) in [6.07, 6.45) is -0.829. The van der Waals surface area contributed by atoms with Crippen LogP contribution in [0.2, 0.25) is 0 Å². The van der Waals surface area contributed by atoms with Gasteiger partial charge in [-0.1, -0.05) is 127 Å². The van der Waals surface area contributed by atoms with Crippen LogP contribution in [0.1, 0.15) is 104 Å². The van der Waals surface area contributed by atoms with Crippen LogP contribution < -0.4 is 9.47 Å². The molecule has 13 aromatic carbocycles. The molecule has 2 aromatic heterocycles. The van der Waals surface area contributed by atoms with E-state index in [4.69, 9.17) is 9.47 Å². The van der Waals surface area contributed by atoms with Crippen molar-refractivity contribution in [3.05, 3.63) is 395 Å². The quantitative estimate of drug-likeness (QED) is 0.0498. The summed E-state index contributed by atoms with van der Waals surface area (Å²) in [5.41, 5.74) is -2.76. The first-order chi connectivity index (χ1) is 62.2. The number of aromatic carboxylic acids is 3. The van der Waals surface area contributed by atoms with E-state index in [1.165, 1.54) is 103 Å². The first-order valence-electron chi connectivity index (χ1n) is 39.1. The normalized spacial score (nSPS) is 12.1. The van der Waals surface area contributed by atoms with Crippen molar-refractivity contribution in [3.8, 4) is 68.0 Å². The van der Waals surface area contributed by atoms with Gasteiger partial charge >= 0.3 is 17.9 Å². The van der Waals surface area contributed by atoms with E-state index in [1.54, 1.807) is 76.2 Å². The fourth-order valence-electron chi connectivity index (χ4n) is 15.4. The summed E-state index contributed by atoms with van der Waals surface area (Å²) in [7, 11) is 0. The molecule has 3 aliphatic heterocycles. The molecule has 15 nitrogen and oxygen atoms in total. The molecule has 0 radical (unpaired) electrons. The van der Waals surface area contributed by atoms with E-state index in [-0.39, 0.29) is 139 Å². The Hall–Kier alpha value is -16.0. The fraction of sp³-hybridized carbons (Fsp3) is 0.0909. The zero-order chi connectivity index (χ0) is 92.7. The minimum absolute atomic E-state index is 0.00819. The zero-order valence-corrected chi connectivity index (χ0v) is 67.9. The Bertz CT molecular complexity index is 7200. The number of carboxylic acids is 3. The summed E-state index contributed by atoms with van der Waals surface area (Å²) in [4.78, 5) is 53.3. The van der Waals surface area contributed by atoms with Crippen molar-refractivity contribution in [3.63, 3.8) is 0 Å². The maximum absolute atomic E-state index is 15.3. The molecule has 18 rings (SSSR count). The zero-order valence-electron chi connectivity index (χ0n) is 67.9. The number of aromatic amines is 1. The number of halogens is 16. The number of aliphatic imine (C=N–C) groups is 3. The lowest BCUT2D eigenvalue weighted by atomic mass is 9.95. The van der Waals surface area contributed by atoms with Crippen LogP contribution in [-0.2, 0) is 32.5 Å². The van der Waals surface area contributed by atoms with Gasteiger partial charge in [-0.15, -0.1) is 0 Å². The van der Waals surface area contributed by atoms with E-state index in [9.17, 15) is 70.1 Å². The van der Waals surface area contributed by atoms with E-state index in [1.807, 2.05) is 66.7 Å². The molecule has 0 spiro atoms. The summed E-state index contributed by atoms with van der Waals surface area (Å²) in [5, 5.41) is 37.4. The Morgan fingerprint density at radius 1 is 0.369 bits per heavy atom. The number of imidazole rings is 1. The molecule has 31 heteroatoms. The highest BCUT2D eigenvalue weighted by atomic mass is 19.2. The average molecular weight is 1780 g/mol. The van der Waals surface area contributed by atoms with E-state index < -0.39 is 161 Å². The molecule has 0 saturated heterocycles. The van der Waals surface area contributed by atoms with Gasteiger partial charge < -0.3 is 34.3 Å². The van der Waals surface area contributed by atoms with E-state index in [0.29, 0.717) is 22.5 Å². The van der Waals surface area contributed by atoms with Crippen LogP contribution >= 0.6 is 0 Å². The van der Waals surface area contributed by atoms with Crippen molar-refractivity contribution in [2.24, 2.45) is 15.0 Å². The molecule has 15 aromatic rings. The molecular formula is C99H61F16N7O8. The Balaban J connectivity index is 0.000000134. The summed E-state index contributed by atoms with van der Waals surface area (Å²) in [6, 6.07) is 56.7. The van der Waals surface area contributed by atoms with Gasteiger partial charge in [0.05, 0.1) is 101 Å². The SMILES string of the molecule is Cc1cc(C#N)c2nc(-c3c(F)c(F)c(-c4ccccc4)c(F)c3F)[nH]c2c1.Cc1cc2c(c(C(=O)O)c1)CC(c1c(F)c(F)c(-c3cccc(OCc4ccccc4)c3)c(F)c1F)=N2.Cc1ccc(C)n1-c1c(F)c(F)c(C2=Nc3cccc(C(=O)O)c3C2)c(F)c1F.O=C(O)c1cccc2c1CC(c1c(F)c(F)c(-c3cccc(OCc4ccccc4)c3)c(F)c1F)=N2. The van der Waals surface area contributed by atoms with Gasteiger partial charge in [-0.05, 0) is 168 Å². The summed E-state index contributed by atoms with van der Waals surface area (Å²) in [5.74, 6) is -28.7. The molecule has 130 heavy (non-hydrogen) atoms. The fourth-order valence-corrected chi connectivity index (χ4v) is 15.4. The number of nitriles is 1. The molecule has 0 fully saturated rings. The number of carbonyl (C=O) groups is 3. The van der Waals surface area contributed by atoms with Crippen molar-refractivity contribution in [2.45, 2.75) is 60.2 Å². The second kappa shape index (κ2) is 36.5. The average Bonchev–Trinajstić information content (AvgIpc) is 1.42. The Kier molecular flexibility index (Phi) is 25.0. The third-order valence-corrected chi connectivity index (χ3v) is 21.4. The van der Waals surface area contributed by atoms with Crippen LogP contribution in [0.5, 0.6) is 11.5 Å². The number of hydrogen-bond acceptors (Lipinski definition) is 10. The molecule has 652 valence electrons. The van der Waals surface area contributed by atoms with Crippen molar-refractivity contribution >= 4 is 63.1 Å². The Labute approximate surface area is 726 Å². The van der Waals surface area contributed by atoms with Crippen molar-refractivity contribution in [1.29, 1.82) is 5.26 Å². The van der Waals surface area contributed by atoms with Crippen LogP contribution in [0.15, 0.2) is 227 Å². The maximum Gasteiger partial charge on any atom is 0.336 e. The topological polar surface area (TPSA) is 225 Å². The second-order valence-corrected chi connectivity index (χ2v) is 29.9. The van der Waals surface area contributed by atoms with E-state index >= 15 is 35.1 Å². The van der Waals surface area contributed by atoms with Crippen LogP contribution in [-0.4, -0.2) is 64.9 Å². The summed E-state index contributed by atoms with van der Waals surface area (Å²) in [6.45, 7) is 6.87. The number of carboxylic acid groups (broad SMARTS) is 3. The predicted molar refractivity (Wildman–Crippen MR) is 451 cm³/mol. The molecule has 4 N–H and O–H groups in total. The first-order valence-corrected chi connectivity index (χ1v) is 39.1. The number of fused-ring (bicyclic) bond motifs is 4. The third-order valence-electron chi connectivity index (χ3n) is 21.4. The number of nitrogens with one attached hydrogen (secondary N) is 1. The van der Waals surface area contributed by atoms with Gasteiger partial charge in [-0.3, -0.25) is 15.0 Å². The molecular weight excluding hydrogens is 1720 g/mol. The number of ether oxygens (including phenoxy) is 2. The molecule has 5 heterocycles. The number of aryl methyl sites for hydroxylation is 4. The highest BCUT2D eigenvalue weighted by Crippen LogP contribution is 2.44. The minimum Gasteiger partial charge on any atom is -0.489 e. The molecule has 0 atom stereocenters. The minimum atomic E-state index is -1.61. The van der Waals surface area contributed by atoms with E-state index in [0.717, 1.165) is 21.3 Å². The standard InChI is InChI=1S/C29H19F4NO3.C28H17F4NO3.C21H11F4N3.C21H14F4N2O2/c1-15-10-20(29(35)36)19-13-22(34-21(19)11-15)24-27(32)25(30)23(26(31)28(24)33)17-8-5-9-18(12-17)37-14-16-6-3-2-4-7-16;29-24-22(16-8-4-9-17(12-16)36-14-15-6-2-1-3-7-15)25(30)27(32)23(26(24)31)21-13-19-18(28(34)35)10-5-11-20(19)33-21;1-10-7-12(9-26)20-13(8-10)27-21(28-20)15-18(24)16(22)14(17(23)19(15)25)11-5-3-2-4-6-11;1-9-6-7-10(2)27(9)20-18(24)16(22)15(17(23)19(20)25)14-8-12-11(21(28)29)4-3-5-13(12)26-14/h2-12H,13-14H2,1H3,(H,35,36);1-12H,13-14H2,(H,34,35);2-8H,1H3,(H,27,28);3-7H,8H2,1-2H3,(H,28,29). The van der Waals surface area contributed by atoms with Crippen LogP contribution in [0, 0.1) is 132 Å². The molecule has 0 bridgehead atoms. The monoisotopic (exact) mass is 1780 g/mol. The van der Waals surface area contributed by atoms with Gasteiger partial charge in [0.15, 0.2) is 93.1 Å². The summed E-state index contributed by atoms with van der Waals surface area (Å²) >= 11 is 0. The Morgan fingerprint density at radius 2 is 0.715 bits per heavy atom. The van der Waals surface area contributed by atoms with E-state index in [2.05, 4.69) is 24.9 Å². The summed E-state index contributed by atoms with van der Waals surface area (Å²) < 4.78 is 253. The van der Waals surface area contributed by atoms with Crippen LogP contribution in [0.3, 0.4) is 0 Å². The van der Waals surface area contributed by atoms with Gasteiger partial charge in [0.2, 0.25) is 0 Å². The lowest BCUT2D eigenvalue weighted by Gasteiger charge is -2.15. The lowest BCUT2D eigenvalue weighted by molar-refractivity contribution is 0.0685. The van der Waals surface area contributed by atoms with Gasteiger partial charge in [0, 0.05) is 30.7 Å². The maximum atomic E-state index is 15.3. The molecule has 0 amide bonds. The van der Waals surface area contributed by atoms with Gasteiger partial charge in [0.1, 0.15) is 47.8 Å². The highest BCUT2D eigenvalue weighted by Gasteiger charge is 2.38. The van der Waals surface area contributed by atoms with Crippen molar-refractivity contribution in [2.75, 3.05) is 0 Å². The number of H-pyrrole nitrogens is 1. The van der Waals surface area contributed by atoms with Gasteiger partial charge in [-0.25, -0.2) is 89.6 Å². The number of aromatic nitrogens is 3. The molecule has 0 unspecified atom stereocenters. The van der Waals surface area contributed by atoms with Crippen LogP contribution in [0.4, 0.5) is 87.3 Å². The largest absolute Gasteiger partial charge is 0.489 e. The second-order valence-electron chi connectivity index (χ2n) is 29.9. The van der Waals surface area contributed by atoms with Gasteiger partial charge in [0.25, 0.3) is 0 Å². The van der Waals surface area contributed by atoms with Crippen molar-refractivity contribution < 1.29 is 109 Å². The molecule has 3 aliphatic rings.